The zero-order valence-electron chi connectivity index (χ0n) is 30.3. The number of hydrogen-bond acceptors (Lipinski definition) is 4. The molecule has 0 fully saturated rings. The molecule has 2 heterocycles. The van der Waals surface area contributed by atoms with E-state index in [1.807, 2.05) is 0 Å². The lowest BCUT2D eigenvalue weighted by molar-refractivity contribution is 0.794. The van der Waals surface area contributed by atoms with Crippen molar-refractivity contribution in [1.29, 1.82) is 0 Å². The molecule has 1 spiro atoms. The molecule has 0 saturated heterocycles. The lowest BCUT2D eigenvalue weighted by atomic mass is 9.70. The minimum Gasteiger partial charge on any atom is -0.208 e. The molecule has 0 bridgehead atoms. The highest BCUT2D eigenvalue weighted by Crippen LogP contribution is 2.63. The second kappa shape index (κ2) is 11.5. The van der Waals surface area contributed by atoms with Crippen LogP contribution in [0.3, 0.4) is 0 Å². The molecule has 2 aliphatic carbocycles. The minimum absolute atomic E-state index is 0.441. The second-order valence-electron chi connectivity index (χ2n) is 15.6. The Balaban J connectivity index is 1.16. The first-order chi connectivity index (χ1) is 26.4. The molecule has 0 N–H and O–H groups in total. The summed E-state index contributed by atoms with van der Waals surface area (Å²) in [6.45, 7) is 7.15. The van der Waals surface area contributed by atoms with Gasteiger partial charge in [0.15, 0.2) is 17.5 Å². The monoisotopic (exact) mass is 725 g/mol. The van der Waals surface area contributed by atoms with Crippen LogP contribution >= 0.6 is 11.3 Å². The molecule has 0 saturated carbocycles. The Morgan fingerprint density at radius 1 is 0.426 bits per heavy atom. The lowest BCUT2D eigenvalue weighted by Crippen LogP contribution is -2.37. The van der Waals surface area contributed by atoms with Crippen molar-refractivity contribution >= 4 is 44.8 Å². The molecule has 256 valence electrons. The molecule has 2 aliphatic rings. The second-order valence-corrected chi connectivity index (χ2v) is 21.7. The van der Waals surface area contributed by atoms with E-state index in [9.17, 15) is 0 Å². The molecule has 3 nitrogen and oxygen atoms in total. The van der Waals surface area contributed by atoms with Crippen LogP contribution in [0.5, 0.6) is 0 Å². The standard InChI is InChI=1S/C49H35N3SSi/c1-54(2,3)32-26-23-30(24-27-32)46-50-47(52-48(51-46)39-18-12-17-38-37-16-7-11-22-44(37)53-45(38)39)31-25-28-36-35-15-6-10-21-42(35)49(43(36)29-31)40-19-8-4-13-33(40)34-14-5-9-20-41(34)49/h4-29H,1-3H3. The summed E-state index contributed by atoms with van der Waals surface area (Å²) >= 11 is 1.80. The number of benzene rings is 7. The van der Waals surface area contributed by atoms with Gasteiger partial charge < -0.3 is 0 Å². The van der Waals surface area contributed by atoms with E-state index in [-0.39, 0.29) is 0 Å². The van der Waals surface area contributed by atoms with E-state index in [1.165, 1.54) is 69.9 Å². The van der Waals surface area contributed by atoms with Crippen LogP contribution in [0.4, 0.5) is 0 Å². The van der Waals surface area contributed by atoms with Crippen LogP contribution in [0, 0.1) is 0 Å². The molecule has 2 aromatic heterocycles. The Bertz CT molecular complexity index is 2930. The van der Waals surface area contributed by atoms with Gasteiger partial charge in [0, 0.05) is 36.9 Å². The van der Waals surface area contributed by atoms with E-state index >= 15 is 0 Å². The number of rotatable bonds is 4. The van der Waals surface area contributed by atoms with Crippen LogP contribution in [0.15, 0.2) is 158 Å². The van der Waals surface area contributed by atoms with Crippen molar-refractivity contribution in [2.75, 3.05) is 0 Å². The zero-order valence-corrected chi connectivity index (χ0v) is 32.1. The molecule has 9 aromatic rings. The SMILES string of the molecule is C[Si](C)(C)c1ccc(-c2nc(-c3ccc4c(c3)C3(c5ccccc5-c5ccccc53)c3ccccc3-4)nc(-c3cccc4c3sc3ccccc34)n2)cc1. The molecular formula is C49H35N3SSi. The van der Waals surface area contributed by atoms with Gasteiger partial charge in [-0.05, 0) is 62.7 Å². The Labute approximate surface area is 319 Å². The Morgan fingerprint density at radius 3 is 1.57 bits per heavy atom. The molecule has 54 heavy (non-hydrogen) atoms. The van der Waals surface area contributed by atoms with Gasteiger partial charge in [0.1, 0.15) is 0 Å². The highest BCUT2D eigenvalue weighted by Gasteiger charge is 2.51. The van der Waals surface area contributed by atoms with Gasteiger partial charge in [-0.3, -0.25) is 0 Å². The van der Waals surface area contributed by atoms with Gasteiger partial charge in [-0.1, -0.05) is 164 Å². The maximum absolute atomic E-state index is 5.35. The molecular weight excluding hydrogens is 691 g/mol. The topological polar surface area (TPSA) is 38.7 Å². The van der Waals surface area contributed by atoms with Gasteiger partial charge in [0.2, 0.25) is 0 Å². The van der Waals surface area contributed by atoms with Gasteiger partial charge in [0.05, 0.1) is 13.5 Å². The Morgan fingerprint density at radius 2 is 0.926 bits per heavy atom. The van der Waals surface area contributed by atoms with Gasteiger partial charge in [-0.25, -0.2) is 15.0 Å². The summed E-state index contributed by atoms with van der Waals surface area (Å²) in [7, 11) is -1.49. The zero-order chi connectivity index (χ0) is 36.2. The molecule has 0 radical (unpaired) electrons. The van der Waals surface area contributed by atoms with Crippen molar-refractivity contribution in [2.45, 2.75) is 25.1 Å². The Kier molecular flexibility index (Phi) is 6.71. The summed E-state index contributed by atoms with van der Waals surface area (Å²) in [5.41, 5.74) is 12.9. The lowest BCUT2D eigenvalue weighted by Gasteiger charge is -2.30. The molecule has 0 amide bonds. The van der Waals surface area contributed by atoms with E-state index in [4.69, 9.17) is 15.0 Å². The highest BCUT2D eigenvalue weighted by atomic mass is 32.1. The molecule has 0 aliphatic heterocycles. The van der Waals surface area contributed by atoms with Crippen molar-refractivity contribution in [3.63, 3.8) is 0 Å². The third-order valence-electron chi connectivity index (χ3n) is 11.5. The first-order valence-electron chi connectivity index (χ1n) is 18.6. The quantitative estimate of drug-likeness (QED) is 0.170. The van der Waals surface area contributed by atoms with Crippen molar-refractivity contribution in [3.05, 3.63) is 180 Å². The smallest absolute Gasteiger partial charge is 0.165 e. The number of nitrogens with zero attached hydrogens (tertiary/aromatic N) is 3. The van der Waals surface area contributed by atoms with Crippen molar-refractivity contribution < 1.29 is 0 Å². The Hall–Kier alpha value is -6.01. The summed E-state index contributed by atoms with van der Waals surface area (Å²) in [5.74, 6) is 2.05. The highest BCUT2D eigenvalue weighted by molar-refractivity contribution is 7.26. The summed E-state index contributed by atoms with van der Waals surface area (Å²) in [5, 5.41) is 3.90. The molecule has 0 unspecified atom stereocenters. The van der Waals surface area contributed by atoms with Crippen molar-refractivity contribution in [2.24, 2.45) is 0 Å². The summed E-state index contributed by atoms with van der Waals surface area (Å²) in [6, 6.07) is 57.8. The maximum Gasteiger partial charge on any atom is 0.165 e. The van der Waals surface area contributed by atoms with E-state index in [0.717, 1.165) is 16.7 Å². The number of hydrogen-bond donors (Lipinski definition) is 0. The van der Waals surface area contributed by atoms with E-state index in [0.29, 0.717) is 17.5 Å². The average molecular weight is 726 g/mol. The van der Waals surface area contributed by atoms with Gasteiger partial charge >= 0.3 is 0 Å². The third kappa shape index (κ3) is 4.43. The summed E-state index contributed by atoms with van der Waals surface area (Å²) in [6.07, 6.45) is 0. The number of thiophene rings is 1. The van der Waals surface area contributed by atoms with Crippen LogP contribution in [-0.2, 0) is 5.41 Å². The molecule has 11 rings (SSSR count). The predicted molar refractivity (Wildman–Crippen MR) is 228 cm³/mol. The van der Waals surface area contributed by atoms with E-state index < -0.39 is 13.5 Å². The van der Waals surface area contributed by atoms with E-state index in [2.05, 4.69) is 177 Å². The first-order valence-corrected chi connectivity index (χ1v) is 22.9. The van der Waals surface area contributed by atoms with Crippen LogP contribution < -0.4 is 5.19 Å². The maximum atomic E-state index is 5.35. The fraction of sp³-hybridized carbons (Fsp3) is 0.0816. The fourth-order valence-corrected chi connectivity index (χ4v) is 11.4. The van der Waals surface area contributed by atoms with Crippen LogP contribution in [0.2, 0.25) is 19.6 Å². The van der Waals surface area contributed by atoms with Crippen molar-refractivity contribution in [1.82, 2.24) is 15.0 Å². The summed E-state index contributed by atoms with van der Waals surface area (Å²) < 4.78 is 2.45. The predicted octanol–water partition coefficient (Wildman–Crippen LogP) is 12.1. The molecule has 5 heteroatoms. The first kappa shape index (κ1) is 31.5. The van der Waals surface area contributed by atoms with Gasteiger partial charge in [-0.15, -0.1) is 11.3 Å². The molecule has 7 aromatic carbocycles. The molecule has 0 atom stereocenters. The van der Waals surface area contributed by atoms with Crippen LogP contribution in [0.1, 0.15) is 22.3 Å². The fourth-order valence-electron chi connectivity index (χ4n) is 9.03. The van der Waals surface area contributed by atoms with Gasteiger partial charge in [0.25, 0.3) is 0 Å². The summed E-state index contributed by atoms with van der Waals surface area (Å²) in [4.78, 5) is 15.9. The van der Waals surface area contributed by atoms with E-state index in [1.54, 1.807) is 11.3 Å². The third-order valence-corrected chi connectivity index (χ3v) is 14.8. The van der Waals surface area contributed by atoms with Crippen LogP contribution in [-0.4, -0.2) is 23.0 Å². The number of fused-ring (bicyclic) bond motifs is 13. The normalized spacial score (nSPS) is 13.6. The van der Waals surface area contributed by atoms with Crippen LogP contribution in [0.25, 0.3) is 76.6 Å². The largest absolute Gasteiger partial charge is 0.208 e. The average Bonchev–Trinajstić information content (AvgIpc) is 3.84. The van der Waals surface area contributed by atoms with Gasteiger partial charge in [-0.2, -0.15) is 0 Å². The minimum atomic E-state index is -1.49. The number of aromatic nitrogens is 3. The van der Waals surface area contributed by atoms with Crippen molar-refractivity contribution in [3.8, 4) is 56.4 Å².